The molecule has 0 heterocycles. The van der Waals surface area contributed by atoms with Gasteiger partial charge in [0.05, 0.1) is 6.10 Å². The Kier molecular flexibility index (Phi) is 3.73. The molecular weight excluding hydrogens is 182 g/mol. The highest BCUT2D eigenvalue weighted by atomic mass is 16.5. The maximum atomic E-state index is 9.29. The topological polar surface area (TPSA) is 61.7 Å². The fraction of sp³-hybridized carbons (Fsp3) is 0.400. The second kappa shape index (κ2) is 4.83. The van der Waals surface area contributed by atoms with Crippen LogP contribution in [0.3, 0.4) is 0 Å². The summed E-state index contributed by atoms with van der Waals surface area (Å²) in [6.07, 6.45) is -0.119. The Morgan fingerprint density at radius 1 is 1.36 bits per heavy atom. The molecule has 78 valence electrons. The summed E-state index contributed by atoms with van der Waals surface area (Å²) in [4.78, 5) is 0. The molecule has 4 nitrogen and oxygen atoms in total. The van der Waals surface area contributed by atoms with E-state index in [9.17, 15) is 5.11 Å². The van der Waals surface area contributed by atoms with Crippen LogP contribution in [-0.2, 0) is 4.74 Å². The summed E-state index contributed by atoms with van der Waals surface area (Å²) in [7, 11) is 3.43. The molecule has 0 aliphatic carbocycles. The van der Waals surface area contributed by atoms with E-state index in [0.29, 0.717) is 6.54 Å². The third-order valence-electron chi connectivity index (χ3n) is 2.05. The zero-order chi connectivity index (χ0) is 10.6. The third-order valence-corrected chi connectivity index (χ3v) is 2.05. The molecule has 0 aliphatic rings. The van der Waals surface area contributed by atoms with Gasteiger partial charge in [-0.15, -0.1) is 0 Å². The van der Waals surface area contributed by atoms with Crippen molar-refractivity contribution in [2.75, 3.05) is 20.7 Å². The second-order valence-corrected chi connectivity index (χ2v) is 3.03. The number of hydrogen-bond acceptors (Lipinski definition) is 4. The average molecular weight is 197 g/mol. The second-order valence-electron chi connectivity index (χ2n) is 3.03. The number of benzene rings is 1. The van der Waals surface area contributed by atoms with E-state index in [2.05, 4.69) is 5.32 Å². The molecule has 0 fully saturated rings. The van der Waals surface area contributed by atoms with Crippen molar-refractivity contribution < 1.29 is 14.9 Å². The van der Waals surface area contributed by atoms with Gasteiger partial charge in [0.25, 0.3) is 0 Å². The molecule has 0 spiro atoms. The molecule has 0 aliphatic heterocycles. The molecule has 1 aromatic carbocycles. The molecule has 3 N–H and O–H groups in total. The quantitative estimate of drug-likeness (QED) is 0.630. The van der Waals surface area contributed by atoms with Crippen LogP contribution in [-0.4, -0.2) is 30.9 Å². The van der Waals surface area contributed by atoms with Gasteiger partial charge in [-0.3, -0.25) is 0 Å². The van der Waals surface area contributed by atoms with Gasteiger partial charge in [-0.1, -0.05) is 6.07 Å². The first-order valence-electron chi connectivity index (χ1n) is 4.38. The fourth-order valence-electron chi connectivity index (χ4n) is 1.26. The van der Waals surface area contributed by atoms with Crippen LogP contribution in [0.1, 0.15) is 11.7 Å². The van der Waals surface area contributed by atoms with Crippen molar-refractivity contribution in [3.63, 3.8) is 0 Å². The summed E-state index contributed by atoms with van der Waals surface area (Å²) in [6, 6.07) is 4.67. The molecule has 0 bridgehead atoms. The smallest absolute Gasteiger partial charge is 0.157 e. The molecule has 1 unspecified atom stereocenters. The Morgan fingerprint density at radius 2 is 2.07 bits per heavy atom. The number of methoxy groups -OCH3 is 1. The lowest BCUT2D eigenvalue weighted by Crippen LogP contribution is -2.18. The minimum Gasteiger partial charge on any atom is -0.504 e. The molecular formula is C10H15NO3. The minimum atomic E-state index is -0.124. The van der Waals surface area contributed by atoms with Gasteiger partial charge in [-0.25, -0.2) is 0 Å². The van der Waals surface area contributed by atoms with Crippen molar-refractivity contribution in [1.29, 1.82) is 0 Å². The zero-order valence-electron chi connectivity index (χ0n) is 8.32. The van der Waals surface area contributed by atoms with Crippen molar-refractivity contribution in [3.05, 3.63) is 23.8 Å². The number of rotatable bonds is 4. The average Bonchev–Trinajstić information content (AvgIpc) is 2.19. The fourth-order valence-corrected chi connectivity index (χ4v) is 1.26. The summed E-state index contributed by atoms with van der Waals surface area (Å²) >= 11 is 0. The molecule has 0 aromatic heterocycles. The summed E-state index contributed by atoms with van der Waals surface area (Å²) in [6.45, 7) is 0.653. The lowest BCUT2D eigenvalue weighted by atomic mass is 10.1. The minimum absolute atomic E-state index is 0.118. The van der Waals surface area contributed by atoms with E-state index in [4.69, 9.17) is 9.84 Å². The van der Waals surface area contributed by atoms with Gasteiger partial charge in [0.1, 0.15) is 0 Å². The molecule has 0 amide bonds. The molecule has 14 heavy (non-hydrogen) atoms. The highest BCUT2D eigenvalue weighted by Crippen LogP contribution is 2.28. The van der Waals surface area contributed by atoms with Gasteiger partial charge in [-0.05, 0) is 24.7 Å². The highest BCUT2D eigenvalue weighted by molar-refractivity contribution is 5.41. The number of phenols is 2. The van der Waals surface area contributed by atoms with Crippen molar-refractivity contribution in [2.45, 2.75) is 6.10 Å². The van der Waals surface area contributed by atoms with E-state index in [1.807, 2.05) is 7.05 Å². The number of aromatic hydroxyl groups is 2. The van der Waals surface area contributed by atoms with Gasteiger partial charge in [0, 0.05) is 13.7 Å². The molecule has 0 saturated heterocycles. The van der Waals surface area contributed by atoms with Crippen LogP contribution in [0.5, 0.6) is 11.5 Å². The standard InChI is InChI=1S/C10H15NO3/c1-11-6-10(14-2)7-3-4-8(12)9(13)5-7/h3-5,10-13H,6H2,1-2H3. The zero-order valence-corrected chi connectivity index (χ0v) is 8.32. The molecule has 1 atom stereocenters. The summed E-state index contributed by atoms with van der Waals surface area (Å²) < 4.78 is 5.22. The number of ether oxygens (including phenoxy) is 1. The number of hydrogen-bond donors (Lipinski definition) is 3. The number of nitrogens with one attached hydrogen (secondary N) is 1. The van der Waals surface area contributed by atoms with Crippen LogP contribution in [0.25, 0.3) is 0 Å². The Balaban J connectivity index is 2.88. The molecule has 1 aromatic rings. The van der Waals surface area contributed by atoms with Gasteiger partial charge >= 0.3 is 0 Å². The monoisotopic (exact) mass is 197 g/mol. The van der Waals surface area contributed by atoms with E-state index < -0.39 is 0 Å². The van der Waals surface area contributed by atoms with Gasteiger partial charge in [0.2, 0.25) is 0 Å². The van der Waals surface area contributed by atoms with E-state index in [0.717, 1.165) is 5.56 Å². The van der Waals surface area contributed by atoms with Crippen LogP contribution in [0.4, 0.5) is 0 Å². The normalized spacial score (nSPS) is 12.7. The van der Waals surface area contributed by atoms with Crippen LogP contribution in [0.15, 0.2) is 18.2 Å². The first-order chi connectivity index (χ1) is 6.69. The Hall–Kier alpha value is -1.26. The SMILES string of the molecule is CNCC(OC)c1ccc(O)c(O)c1. The predicted molar refractivity (Wildman–Crippen MR) is 53.4 cm³/mol. The largest absolute Gasteiger partial charge is 0.504 e. The highest BCUT2D eigenvalue weighted by Gasteiger charge is 2.11. The summed E-state index contributed by atoms with van der Waals surface area (Å²) in [5, 5.41) is 21.4. The predicted octanol–water partition coefficient (Wildman–Crippen LogP) is 1.00. The molecule has 0 radical (unpaired) electrons. The van der Waals surface area contributed by atoms with Crippen LogP contribution in [0.2, 0.25) is 0 Å². The van der Waals surface area contributed by atoms with Crippen molar-refractivity contribution in [1.82, 2.24) is 5.32 Å². The Labute approximate surface area is 83.1 Å². The van der Waals surface area contributed by atoms with Gasteiger partial charge < -0.3 is 20.3 Å². The number of phenolic OH excluding ortho intramolecular Hbond substituents is 2. The van der Waals surface area contributed by atoms with E-state index >= 15 is 0 Å². The molecule has 1 rings (SSSR count). The molecule has 4 heteroatoms. The summed E-state index contributed by atoms with van der Waals surface area (Å²) in [5.74, 6) is -0.242. The van der Waals surface area contributed by atoms with Crippen LogP contribution in [0, 0.1) is 0 Å². The maximum Gasteiger partial charge on any atom is 0.157 e. The molecule has 0 saturated carbocycles. The first-order valence-corrected chi connectivity index (χ1v) is 4.38. The van der Waals surface area contributed by atoms with Crippen LogP contribution < -0.4 is 5.32 Å². The van der Waals surface area contributed by atoms with Crippen molar-refractivity contribution in [3.8, 4) is 11.5 Å². The first kappa shape index (κ1) is 10.8. The maximum absolute atomic E-state index is 9.29. The lowest BCUT2D eigenvalue weighted by molar-refractivity contribution is 0.104. The lowest BCUT2D eigenvalue weighted by Gasteiger charge is -2.15. The van der Waals surface area contributed by atoms with E-state index in [-0.39, 0.29) is 17.6 Å². The van der Waals surface area contributed by atoms with Gasteiger partial charge in [-0.2, -0.15) is 0 Å². The van der Waals surface area contributed by atoms with E-state index in [1.165, 1.54) is 12.1 Å². The van der Waals surface area contributed by atoms with Crippen LogP contribution >= 0.6 is 0 Å². The Morgan fingerprint density at radius 3 is 2.57 bits per heavy atom. The third kappa shape index (κ3) is 2.37. The van der Waals surface area contributed by atoms with Gasteiger partial charge in [0.15, 0.2) is 11.5 Å². The van der Waals surface area contributed by atoms with E-state index in [1.54, 1.807) is 13.2 Å². The number of likely N-dealkylation sites (N-methyl/N-ethyl adjacent to an activating group) is 1. The Bertz CT molecular complexity index is 301. The summed E-state index contributed by atoms with van der Waals surface area (Å²) in [5.41, 5.74) is 0.831. The van der Waals surface area contributed by atoms with Crippen molar-refractivity contribution >= 4 is 0 Å². The van der Waals surface area contributed by atoms with Crippen molar-refractivity contribution in [2.24, 2.45) is 0 Å².